The zero-order chi connectivity index (χ0) is 23.0. The van der Waals surface area contributed by atoms with Gasteiger partial charge in [0, 0.05) is 16.6 Å². The number of nitrogens with zero attached hydrogens (tertiary/aromatic N) is 2. The normalized spacial score (nSPS) is 11.7. The maximum Gasteiger partial charge on any atom is 0.255 e. The van der Waals surface area contributed by atoms with Crippen molar-refractivity contribution in [3.05, 3.63) is 100 Å². The van der Waals surface area contributed by atoms with Gasteiger partial charge in [0.05, 0.1) is 17.7 Å². The number of hydrogen-bond donors (Lipinski definition) is 1. The summed E-state index contributed by atoms with van der Waals surface area (Å²) < 4.78 is 41.9. The molecule has 6 nitrogen and oxygen atoms in total. The van der Waals surface area contributed by atoms with Crippen molar-refractivity contribution in [2.45, 2.75) is 11.3 Å². The molecular formula is C23H21BrFN3O3S. The molecule has 0 heterocycles. The van der Waals surface area contributed by atoms with E-state index in [0.717, 1.165) is 14.3 Å². The number of sulfonamides is 1. The first kappa shape index (κ1) is 23.8. The van der Waals surface area contributed by atoms with Crippen molar-refractivity contribution in [2.24, 2.45) is 5.10 Å². The molecule has 0 aliphatic carbocycles. The van der Waals surface area contributed by atoms with Crippen LogP contribution in [0.1, 0.15) is 11.1 Å². The average Bonchev–Trinajstić information content (AvgIpc) is 2.79. The molecule has 0 saturated heterocycles. The number of benzene rings is 3. The highest BCUT2D eigenvalue weighted by Crippen LogP contribution is 2.19. The van der Waals surface area contributed by atoms with Crippen LogP contribution in [0.15, 0.2) is 93.3 Å². The maximum atomic E-state index is 13.7. The van der Waals surface area contributed by atoms with Gasteiger partial charge in [-0.25, -0.2) is 18.2 Å². The molecule has 1 amide bonds. The van der Waals surface area contributed by atoms with Crippen LogP contribution in [0.3, 0.4) is 0 Å². The van der Waals surface area contributed by atoms with Crippen LogP contribution in [0.4, 0.5) is 4.39 Å². The van der Waals surface area contributed by atoms with E-state index in [9.17, 15) is 17.6 Å². The number of carbonyl (C=O) groups is 1. The second kappa shape index (κ2) is 11.1. The van der Waals surface area contributed by atoms with Crippen molar-refractivity contribution >= 4 is 38.1 Å². The smallest absolute Gasteiger partial charge is 0.255 e. The second-order valence-corrected chi connectivity index (χ2v) is 9.70. The first-order valence-electron chi connectivity index (χ1n) is 9.72. The number of hydrazone groups is 1. The summed E-state index contributed by atoms with van der Waals surface area (Å²) >= 11 is 3.29. The molecule has 1 N–H and O–H groups in total. The van der Waals surface area contributed by atoms with Crippen molar-refractivity contribution in [3.63, 3.8) is 0 Å². The lowest BCUT2D eigenvalue weighted by Gasteiger charge is -2.21. The predicted octanol–water partition coefficient (Wildman–Crippen LogP) is 3.97. The van der Waals surface area contributed by atoms with Gasteiger partial charge in [-0.3, -0.25) is 4.79 Å². The summed E-state index contributed by atoms with van der Waals surface area (Å²) in [6, 6.07) is 21.6. The number of carbonyl (C=O) groups excluding carboxylic acids is 1. The molecule has 3 aromatic carbocycles. The Morgan fingerprint density at radius 2 is 1.66 bits per heavy atom. The fourth-order valence-electron chi connectivity index (χ4n) is 2.89. The molecule has 166 valence electrons. The van der Waals surface area contributed by atoms with Gasteiger partial charge in [0.15, 0.2) is 0 Å². The molecule has 0 bridgehead atoms. The van der Waals surface area contributed by atoms with Crippen LogP contribution in [0.2, 0.25) is 0 Å². The van der Waals surface area contributed by atoms with Crippen LogP contribution in [-0.2, 0) is 21.2 Å². The molecule has 0 saturated carbocycles. The Hall–Kier alpha value is -2.88. The Kier molecular flexibility index (Phi) is 8.26. The number of hydrogen-bond acceptors (Lipinski definition) is 4. The van der Waals surface area contributed by atoms with Gasteiger partial charge >= 0.3 is 0 Å². The molecule has 0 aliphatic heterocycles. The summed E-state index contributed by atoms with van der Waals surface area (Å²) in [4.78, 5) is 12.5. The lowest BCUT2D eigenvalue weighted by atomic mass is 10.1. The van der Waals surface area contributed by atoms with E-state index in [2.05, 4.69) is 26.5 Å². The molecule has 3 aromatic rings. The van der Waals surface area contributed by atoms with Gasteiger partial charge in [-0.15, -0.1) is 0 Å². The van der Waals surface area contributed by atoms with Crippen LogP contribution in [0.25, 0.3) is 0 Å². The van der Waals surface area contributed by atoms with E-state index in [-0.39, 0.29) is 17.0 Å². The first-order chi connectivity index (χ1) is 15.4. The van der Waals surface area contributed by atoms with Gasteiger partial charge < -0.3 is 0 Å². The van der Waals surface area contributed by atoms with E-state index in [1.54, 1.807) is 24.3 Å². The summed E-state index contributed by atoms with van der Waals surface area (Å²) in [6.07, 6.45) is 1.60. The molecule has 0 spiro atoms. The number of nitrogens with one attached hydrogen (secondary N) is 1. The standard InChI is InChI=1S/C23H21BrFN3O3S/c24-20-10-12-21(13-11-20)32(30,31)28(15-14-18-6-2-1-3-7-18)17-23(29)27-26-16-19-8-4-5-9-22(19)25/h1-13,16H,14-15,17H2,(H,27,29)/b26-16-. The molecule has 0 unspecified atom stereocenters. The summed E-state index contributed by atoms with van der Waals surface area (Å²) in [5.74, 6) is -1.11. The van der Waals surface area contributed by atoms with E-state index in [4.69, 9.17) is 0 Å². The monoisotopic (exact) mass is 517 g/mol. The quantitative estimate of drug-likeness (QED) is 0.344. The van der Waals surface area contributed by atoms with Crippen molar-refractivity contribution in [2.75, 3.05) is 13.1 Å². The summed E-state index contributed by atoms with van der Waals surface area (Å²) in [5, 5.41) is 3.75. The molecule has 0 aromatic heterocycles. The Labute approximate surface area is 195 Å². The fourth-order valence-corrected chi connectivity index (χ4v) is 4.55. The second-order valence-electron chi connectivity index (χ2n) is 6.84. The topological polar surface area (TPSA) is 78.8 Å². The zero-order valence-electron chi connectivity index (χ0n) is 17.0. The van der Waals surface area contributed by atoms with Crippen molar-refractivity contribution in [1.29, 1.82) is 0 Å². The van der Waals surface area contributed by atoms with Gasteiger partial charge in [0.2, 0.25) is 10.0 Å². The summed E-state index contributed by atoms with van der Waals surface area (Å²) in [7, 11) is -3.93. The molecule has 0 radical (unpaired) electrons. The molecule has 3 rings (SSSR count). The highest BCUT2D eigenvalue weighted by Gasteiger charge is 2.26. The summed E-state index contributed by atoms with van der Waals surface area (Å²) in [5.41, 5.74) is 3.42. The third-order valence-corrected chi connectivity index (χ3v) is 6.95. The third-order valence-electron chi connectivity index (χ3n) is 4.56. The van der Waals surface area contributed by atoms with E-state index in [0.29, 0.717) is 6.42 Å². The predicted molar refractivity (Wildman–Crippen MR) is 125 cm³/mol. The number of amides is 1. The van der Waals surface area contributed by atoms with Crippen molar-refractivity contribution in [3.8, 4) is 0 Å². The molecule has 0 fully saturated rings. The van der Waals surface area contributed by atoms with Crippen LogP contribution in [-0.4, -0.2) is 37.9 Å². The molecule has 9 heteroatoms. The van der Waals surface area contributed by atoms with Crippen molar-refractivity contribution in [1.82, 2.24) is 9.73 Å². The lowest BCUT2D eigenvalue weighted by molar-refractivity contribution is -0.121. The zero-order valence-corrected chi connectivity index (χ0v) is 19.4. The van der Waals surface area contributed by atoms with Gasteiger partial charge in [0.1, 0.15) is 5.82 Å². The SMILES string of the molecule is O=C(CN(CCc1ccccc1)S(=O)(=O)c1ccc(Br)cc1)N/N=C\c1ccccc1F. The minimum Gasteiger partial charge on any atom is -0.272 e. The van der Waals surface area contributed by atoms with E-state index >= 15 is 0 Å². The Morgan fingerprint density at radius 3 is 2.34 bits per heavy atom. The van der Waals surface area contributed by atoms with Gasteiger partial charge in [0.25, 0.3) is 5.91 Å². The minimum absolute atomic E-state index is 0.0800. The number of halogens is 2. The van der Waals surface area contributed by atoms with E-state index in [1.807, 2.05) is 30.3 Å². The Balaban J connectivity index is 1.74. The largest absolute Gasteiger partial charge is 0.272 e. The minimum atomic E-state index is -3.93. The Morgan fingerprint density at radius 1 is 1.00 bits per heavy atom. The van der Waals surface area contributed by atoms with Crippen LogP contribution >= 0.6 is 15.9 Å². The Bertz CT molecular complexity index is 1190. The molecule has 0 atom stereocenters. The van der Waals surface area contributed by atoms with E-state index < -0.39 is 28.3 Å². The van der Waals surface area contributed by atoms with Gasteiger partial charge in [-0.1, -0.05) is 64.5 Å². The van der Waals surface area contributed by atoms with Crippen LogP contribution in [0.5, 0.6) is 0 Å². The number of rotatable bonds is 9. The average molecular weight is 518 g/mol. The molecule has 32 heavy (non-hydrogen) atoms. The lowest BCUT2D eigenvalue weighted by Crippen LogP contribution is -2.40. The van der Waals surface area contributed by atoms with Crippen LogP contribution in [0, 0.1) is 5.82 Å². The summed E-state index contributed by atoms with van der Waals surface area (Å²) in [6.45, 7) is -0.327. The van der Waals surface area contributed by atoms with Crippen LogP contribution < -0.4 is 5.43 Å². The van der Waals surface area contributed by atoms with Crippen molar-refractivity contribution < 1.29 is 17.6 Å². The fraction of sp³-hybridized carbons (Fsp3) is 0.130. The first-order valence-corrected chi connectivity index (χ1v) is 12.0. The van der Waals surface area contributed by atoms with Gasteiger partial charge in [-0.2, -0.15) is 9.41 Å². The molecule has 0 aliphatic rings. The highest BCUT2D eigenvalue weighted by atomic mass is 79.9. The molecular weight excluding hydrogens is 497 g/mol. The maximum absolute atomic E-state index is 13.7. The van der Waals surface area contributed by atoms with Gasteiger partial charge in [-0.05, 0) is 42.3 Å². The highest BCUT2D eigenvalue weighted by molar-refractivity contribution is 9.10. The van der Waals surface area contributed by atoms with E-state index in [1.165, 1.54) is 30.5 Å². The third kappa shape index (κ3) is 6.56.